The molecule has 0 unspecified atom stereocenters. The van der Waals surface area contributed by atoms with Crippen LogP contribution in [-0.2, 0) is 20.4 Å². The van der Waals surface area contributed by atoms with Crippen molar-refractivity contribution in [2.75, 3.05) is 21.3 Å². The van der Waals surface area contributed by atoms with Gasteiger partial charge in [-0.3, -0.25) is 0 Å². The summed E-state index contributed by atoms with van der Waals surface area (Å²) in [6.45, 7) is 0. The molecular weight excluding hydrogens is 267 g/mol. The van der Waals surface area contributed by atoms with Crippen LogP contribution in [0.15, 0.2) is 12.1 Å². The first-order valence-electron chi connectivity index (χ1n) is 5.07. The normalized spacial score (nSPS) is 11.7. The lowest BCUT2D eigenvalue weighted by Gasteiger charge is -2.17. The largest absolute Gasteiger partial charge is 0.465 e. The maximum absolute atomic E-state index is 12.6. The summed E-state index contributed by atoms with van der Waals surface area (Å²) >= 11 is 0. The fourth-order valence-corrected chi connectivity index (χ4v) is 1.41. The number of ether oxygens (including phenoxy) is 3. The van der Waals surface area contributed by atoms with Gasteiger partial charge in [0.05, 0.1) is 12.7 Å². The number of hydrogen-bond donors (Lipinski definition) is 0. The van der Waals surface area contributed by atoms with E-state index in [1.807, 2.05) is 0 Å². The number of alkyl halides is 3. The van der Waals surface area contributed by atoms with Gasteiger partial charge in [0.2, 0.25) is 6.29 Å². The van der Waals surface area contributed by atoms with Crippen LogP contribution in [0.1, 0.15) is 28.0 Å². The Balaban J connectivity index is 3.38. The highest BCUT2D eigenvalue weighted by Crippen LogP contribution is 2.30. The number of nitrogens with zero attached hydrogens (tertiary/aromatic N) is 1. The molecule has 0 aliphatic heterocycles. The van der Waals surface area contributed by atoms with Crippen molar-refractivity contribution in [1.29, 1.82) is 0 Å². The molecule has 0 fully saturated rings. The Morgan fingerprint density at radius 2 is 1.79 bits per heavy atom. The summed E-state index contributed by atoms with van der Waals surface area (Å²) in [5.74, 6) is -0.824. The summed E-state index contributed by atoms with van der Waals surface area (Å²) in [6, 6.07) is 1.67. The highest BCUT2D eigenvalue weighted by molar-refractivity contribution is 5.90. The number of esters is 1. The zero-order valence-corrected chi connectivity index (χ0v) is 10.4. The first-order valence-corrected chi connectivity index (χ1v) is 5.07. The first kappa shape index (κ1) is 15.4. The standard InChI is InChI=1S/C11H12F3NO4/c1-17-9(16)6-4-5-7(11(12,13)14)15-8(6)10(18-2)19-3/h4-5,10H,1-3H3. The van der Waals surface area contributed by atoms with E-state index in [1.54, 1.807) is 0 Å². The summed E-state index contributed by atoms with van der Waals surface area (Å²) in [4.78, 5) is 14.9. The van der Waals surface area contributed by atoms with E-state index in [0.717, 1.165) is 13.2 Å². The Morgan fingerprint density at radius 3 is 2.21 bits per heavy atom. The fourth-order valence-electron chi connectivity index (χ4n) is 1.41. The molecule has 19 heavy (non-hydrogen) atoms. The van der Waals surface area contributed by atoms with E-state index in [4.69, 9.17) is 9.47 Å². The molecule has 0 bridgehead atoms. The van der Waals surface area contributed by atoms with E-state index in [0.29, 0.717) is 6.07 Å². The quantitative estimate of drug-likeness (QED) is 0.624. The van der Waals surface area contributed by atoms with Gasteiger partial charge in [-0.2, -0.15) is 13.2 Å². The van der Waals surface area contributed by atoms with Crippen LogP contribution in [0.3, 0.4) is 0 Å². The Labute approximate surface area is 107 Å². The summed E-state index contributed by atoms with van der Waals surface area (Å²) in [6.07, 6.45) is -5.83. The molecule has 8 heteroatoms. The van der Waals surface area contributed by atoms with Gasteiger partial charge in [-0.15, -0.1) is 0 Å². The summed E-state index contributed by atoms with van der Waals surface area (Å²) in [5, 5.41) is 0. The van der Waals surface area contributed by atoms with Gasteiger partial charge in [0.15, 0.2) is 0 Å². The van der Waals surface area contributed by atoms with Gasteiger partial charge >= 0.3 is 12.1 Å². The molecule has 0 spiro atoms. The number of hydrogen-bond acceptors (Lipinski definition) is 5. The number of carbonyl (C=O) groups excluding carboxylic acids is 1. The Kier molecular flexibility index (Phi) is 4.84. The second kappa shape index (κ2) is 5.98. The SMILES string of the molecule is COC(=O)c1ccc(C(F)(F)F)nc1C(OC)OC. The molecule has 0 aromatic carbocycles. The van der Waals surface area contributed by atoms with Crippen LogP contribution in [0.2, 0.25) is 0 Å². The molecule has 1 rings (SSSR count). The number of pyridine rings is 1. The monoisotopic (exact) mass is 279 g/mol. The van der Waals surface area contributed by atoms with Crippen LogP contribution >= 0.6 is 0 Å². The van der Waals surface area contributed by atoms with Crippen molar-refractivity contribution < 1.29 is 32.2 Å². The molecule has 5 nitrogen and oxygen atoms in total. The lowest BCUT2D eigenvalue weighted by atomic mass is 10.1. The molecule has 0 atom stereocenters. The van der Waals surface area contributed by atoms with Gasteiger partial charge in [0.25, 0.3) is 0 Å². The van der Waals surface area contributed by atoms with Crippen molar-refractivity contribution in [2.24, 2.45) is 0 Å². The molecule has 0 amide bonds. The van der Waals surface area contributed by atoms with E-state index in [2.05, 4.69) is 9.72 Å². The zero-order chi connectivity index (χ0) is 14.6. The van der Waals surface area contributed by atoms with Crippen LogP contribution in [0.5, 0.6) is 0 Å². The van der Waals surface area contributed by atoms with Crippen LogP contribution in [0, 0.1) is 0 Å². The minimum absolute atomic E-state index is 0.149. The number of aromatic nitrogens is 1. The predicted octanol–water partition coefficient (Wildman–Crippen LogP) is 2.18. The third-order valence-electron chi connectivity index (χ3n) is 2.27. The van der Waals surface area contributed by atoms with Crippen molar-refractivity contribution in [1.82, 2.24) is 4.98 Å². The Hall–Kier alpha value is -1.67. The van der Waals surface area contributed by atoms with E-state index in [1.165, 1.54) is 14.2 Å². The van der Waals surface area contributed by atoms with Gasteiger partial charge in [0.1, 0.15) is 11.4 Å². The molecule has 0 saturated carbocycles. The van der Waals surface area contributed by atoms with Gasteiger partial charge in [-0.1, -0.05) is 0 Å². The molecule has 0 saturated heterocycles. The van der Waals surface area contributed by atoms with E-state index in [9.17, 15) is 18.0 Å². The van der Waals surface area contributed by atoms with E-state index >= 15 is 0 Å². The van der Waals surface area contributed by atoms with Crippen molar-refractivity contribution in [3.63, 3.8) is 0 Å². The maximum atomic E-state index is 12.6. The maximum Gasteiger partial charge on any atom is 0.433 e. The Bertz CT molecular complexity index is 458. The number of rotatable bonds is 4. The molecular formula is C11H12F3NO4. The number of carbonyl (C=O) groups is 1. The second-order valence-electron chi connectivity index (χ2n) is 3.42. The van der Waals surface area contributed by atoms with Crippen molar-refractivity contribution in [2.45, 2.75) is 12.5 Å². The highest BCUT2D eigenvalue weighted by atomic mass is 19.4. The average molecular weight is 279 g/mol. The molecule has 1 aromatic heterocycles. The summed E-state index contributed by atoms with van der Waals surface area (Å²) < 4.78 is 51.9. The van der Waals surface area contributed by atoms with Crippen LogP contribution in [-0.4, -0.2) is 32.3 Å². The second-order valence-corrected chi connectivity index (χ2v) is 3.42. The molecule has 1 heterocycles. The van der Waals surface area contributed by atoms with E-state index < -0.39 is 24.1 Å². The molecule has 106 valence electrons. The van der Waals surface area contributed by atoms with Crippen molar-refractivity contribution in [3.8, 4) is 0 Å². The fraction of sp³-hybridized carbons (Fsp3) is 0.455. The number of methoxy groups -OCH3 is 3. The molecule has 0 radical (unpaired) electrons. The van der Waals surface area contributed by atoms with Gasteiger partial charge in [0, 0.05) is 14.2 Å². The molecule has 1 aromatic rings. The lowest BCUT2D eigenvalue weighted by molar-refractivity contribution is -0.143. The molecule has 0 aliphatic carbocycles. The minimum atomic E-state index is -4.63. The zero-order valence-electron chi connectivity index (χ0n) is 10.4. The molecule has 0 N–H and O–H groups in total. The lowest BCUT2D eigenvalue weighted by Crippen LogP contribution is -2.18. The van der Waals surface area contributed by atoms with Crippen molar-refractivity contribution in [3.05, 3.63) is 29.1 Å². The van der Waals surface area contributed by atoms with Crippen LogP contribution < -0.4 is 0 Å². The predicted molar refractivity (Wildman–Crippen MR) is 57.3 cm³/mol. The van der Waals surface area contributed by atoms with Gasteiger partial charge < -0.3 is 14.2 Å². The highest BCUT2D eigenvalue weighted by Gasteiger charge is 2.34. The summed E-state index contributed by atoms with van der Waals surface area (Å²) in [5.41, 5.74) is -1.58. The third-order valence-corrected chi connectivity index (χ3v) is 2.27. The van der Waals surface area contributed by atoms with Gasteiger partial charge in [-0.25, -0.2) is 9.78 Å². The van der Waals surface area contributed by atoms with Crippen LogP contribution in [0.25, 0.3) is 0 Å². The van der Waals surface area contributed by atoms with Crippen molar-refractivity contribution >= 4 is 5.97 Å². The van der Waals surface area contributed by atoms with Crippen LogP contribution in [0.4, 0.5) is 13.2 Å². The average Bonchev–Trinajstić information content (AvgIpc) is 2.38. The first-order chi connectivity index (χ1) is 8.85. The van der Waals surface area contributed by atoms with Gasteiger partial charge in [-0.05, 0) is 12.1 Å². The summed E-state index contributed by atoms with van der Waals surface area (Å²) in [7, 11) is 3.55. The molecule has 0 aliphatic rings. The topological polar surface area (TPSA) is 57.7 Å². The van der Waals surface area contributed by atoms with E-state index in [-0.39, 0.29) is 11.3 Å². The third kappa shape index (κ3) is 3.42. The minimum Gasteiger partial charge on any atom is -0.465 e. The Morgan fingerprint density at radius 1 is 1.21 bits per heavy atom. The smallest absolute Gasteiger partial charge is 0.433 e. The number of halogens is 3.